The first-order valence-corrected chi connectivity index (χ1v) is 9.06. The summed E-state index contributed by atoms with van der Waals surface area (Å²) < 4.78 is 28.5. The van der Waals surface area contributed by atoms with E-state index in [1.807, 2.05) is 6.92 Å². The van der Waals surface area contributed by atoms with Gasteiger partial charge < -0.3 is 5.11 Å². The third-order valence-electron chi connectivity index (χ3n) is 4.25. The Morgan fingerprint density at radius 2 is 1.93 bits per heavy atom. The van der Waals surface area contributed by atoms with Gasteiger partial charge in [0.25, 0.3) is 0 Å². The number of hydrogen-bond acceptors (Lipinski definition) is 4. The Morgan fingerprint density at radius 1 is 1.11 bits per heavy atom. The van der Waals surface area contributed by atoms with Crippen molar-refractivity contribution in [2.24, 2.45) is 0 Å². The van der Waals surface area contributed by atoms with Gasteiger partial charge in [-0.3, -0.25) is 0 Å². The highest BCUT2D eigenvalue weighted by molar-refractivity contribution is 7.99. The predicted molar refractivity (Wildman–Crippen MR) is 101 cm³/mol. The summed E-state index contributed by atoms with van der Waals surface area (Å²) >= 11 is 1.14. The van der Waals surface area contributed by atoms with Crippen LogP contribution in [0.5, 0.6) is 0 Å². The third kappa shape index (κ3) is 3.34. The summed E-state index contributed by atoms with van der Waals surface area (Å²) in [5, 5.41) is 17.5. The van der Waals surface area contributed by atoms with Crippen molar-refractivity contribution in [1.29, 1.82) is 0 Å². The van der Waals surface area contributed by atoms with Gasteiger partial charge in [0.05, 0.1) is 11.1 Å². The van der Waals surface area contributed by atoms with Crippen molar-refractivity contribution < 1.29 is 18.7 Å². The fraction of sp³-hybridized carbons (Fsp3) is 0.0500. The molecule has 2 aromatic carbocycles. The average molecular weight is 397 g/mol. The van der Waals surface area contributed by atoms with Gasteiger partial charge >= 0.3 is 5.97 Å². The number of carboxylic acid groups (broad SMARTS) is 1. The van der Waals surface area contributed by atoms with Crippen LogP contribution in [-0.2, 0) is 0 Å². The summed E-state index contributed by atoms with van der Waals surface area (Å²) in [7, 11) is 0. The second kappa shape index (κ2) is 7.05. The summed E-state index contributed by atoms with van der Waals surface area (Å²) in [5.74, 6) is -2.28. The summed E-state index contributed by atoms with van der Waals surface area (Å²) in [5.41, 5.74) is 2.97. The Kier molecular flexibility index (Phi) is 4.56. The molecule has 0 amide bonds. The molecule has 0 saturated heterocycles. The topological polar surface area (TPSA) is 67.5 Å². The number of aromatic nitrogens is 3. The van der Waals surface area contributed by atoms with Gasteiger partial charge in [-0.15, -0.1) is 5.10 Å². The molecule has 0 atom stereocenters. The monoisotopic (exact) mass is 397 g/mol. The number of nitrogens with zero attached hydrogens (tertiary/aromatic N) is 3. The van der Waals surface area contributed by atoms with Crippen molar-refractivity contribution in [2.45, 2.75) is 16.7 Å². The molecule has 0 bridgehead atoms. The summed E-state index contributed by atoms with van der Waals surface area (Å²) in [4.78, 5) is 12.3. The molecule has 0 aliphatic heterocycles. The van der Waals surface area contributed by atoms with E-state index >= 15 is 0 Å². The summed E-state index contributed by atoms with van der Waals surface area (Å²) in [6, 6.07) is 11.8. The predicted octanol–water partition coefficient (Wildman–Crippen LogP) is 4.83. The Labute approximate surface area is 162 Å². The largest absolute Gasteiger partial charge is 0.478 e. The molecule has 5 nitrogen and oxygen atoms in total. The SMILES string of the molecule is Cc1ccc(C(=O)O)cc1-c1nnn2cc(Sc3ccc(F)cc3F)ccc12. The number of benzene rings is 2. The standard InChI is InChI=1S/C20H13F2N3O2S/c1-11-2-3-12(20(26)27)8-15(11)19-17-6-5-14(10-25(17)24-23-19)28-18-7-4-13(21)9-16(18)22/h2-10H,1H3,(H,26,27). The summed E-state index contributed by atoms with van der Waals surface area (Å²) in [6.07, 6.45) is 1.69. The van der Waals surface area contributed by atoms with E-state index in [2.05, 4.69) is 10.3 Å². The highest BCUT2D eigenvalue weighted by atomic mass is 32.2. The summed E-state index contributed by atoms with van der Waals surface area (Å²) in [6.45, 7) is 1.87. The lowest BCUT2D eigenvalue weighted by Crippen LogP contribution is -1.97. The van der Waals surface area contributed by atoms with E-state index in [-0.39, 0.29) is 5.56 Å². The van der Waals surface area contributed by atoms with Crippen LogP contribution in [0.1, 0.15) is 15.9 Å². The second-order valence-electron chi connectivity index (χ2n) is 6.14. The van der Waals surface area contributed by atoms with Crippen LogP contribution in [0, 0.1) is 18.6 Å². The number of aromatic carboxylic acids is 1. The number of pyridine rings is 1. The molecule has 2 aromatic heterocycles. The Balaban J connectivity index is 1.73. The van der Waals surface area contributed by atoms with Crippen LogP contribution in [0.3, 0.4) is 0 Å². The minimum absolute atomic E-state index is 0.167. The lowest BCUT2D eigenvalue weighted by atomic mass is 10.0. The van der Waals surface area contributed by atoms with E-state index < -0.39 is 17.6 Å². The van der Waals surface area contributed by atoms with E-state index in [0.717, 1.165) is 23.4 Å². The highest BCUT2D eigenvalue weighted by Crippen LogP contribution is 2.32. The molecule has 0 aliphatic rings. The Bertz CT molecular complexity index is 1220. The number of rotatable bonds is 4. The fourth-order valence-corrected chi connectivity index (χ4v) is 3.66. The fourth-order valence-electron chi connectivity index (χ4n) is 2.82. The zero-order chi connectivity index (χ0) is 19.8. The van der Waals surface area contributed by atoms with Gasteiger partial charge in [-0.05, 0) is 48.9 Å². The number of carboxylic acids is 1. The molecule has 2 heterocycles. The van der Waals surface area contributed by atoms with Gasteiger partial charge in [0.15, 0.2) is 0 Å². The molecular weight excluding hydrogens is 384 g/mol. The number of halogens is 2. The molecule has 0 spiro atoms. The lowest BCUT2D eigenvalue weighted by Gasteiger charge is -2.06. The molecule has 0 aliphatic carbocycles. The van der Waals surface area contributed by atoms with Crippen molar-refractivity contribution in [3.05, 3.63) is 77.5 Å². The first-order valence-electron chi connectivity index (χ1n) is 8.24. The third-order valence-corrected chi connectivity index (χ3v) is 5.28. The first-order chi connectivity index (χ1) is 13.4. The van der Waals surface area contributed by atoms with E-state index in [1.54, 1.807) is 41.0 Å². The molecule has 0 unspecified atom stereocenters. The minimum Gasteiger partial charge on any atom is -0.478 e. The number of hydrogen-bond donors (Lipinski definition) is 1. The Morgan fingerprint density at radius 3 is 2.68 bits per heavy atom. The van der Waals surface area contributed by atoms with E-state index in [0.29, 0.717) is 26.6 Å². The molecule has 0 saturated carbocycles. The number of aryl methyl sites for hydroxylation is 1. The maximum absolute atomic E-state index is 13.9. The second-order valence-corrected chi connectivity index (χ2v) is 7.26. The zero-order valence-corrected chi connectivity index (χ0v) is 15.4. The Hall–Kier alpha value is -3.26. The molecule has 28 heavy (non-hydrogen) atoms. The molecule has 140 valence electrons. The van der Waals surface area contributed by atoms with Gasteiger partial charge in [-0.1, -0.05) is 23.0 Å². The lowest BCUT2D eigenvalue weighted by molar-refractivity contribution is 0.0697. The van der Waals surface area contributed by atoms with Crippen molar-refractivity contribution in [2.75, 3.05) is 0 Å². The molecule has 4 rings (SSSR count). The van der Waals surface area contributed by atoms with Crippen LogP contribution < -0.4 is 0 Å². The van der Waals surface area contributed by atoms with Gasteiger partial charge in [-0.25, -0.2) is 18.1 Å². The van der Waals surface area contributed by atoms with Gasteiger partial charge in [0.1, 0.15) is 17.3 Å². The van der Waals surface area contributed by atoms with Crippen LogP contribution in [-0.4, -0.2) is 25.9 Å². The average Bonchev–Trinajstić information content (AvgIpc) is 3.07. The molecule has 0 fully saturated rings. The van der Waals surface area contributed by atoms with Crippen LogP contribution >= 0.6 is 11.8 Å². The number of fused-ring (bicyclic) bond motifs is 1. The molecular formula is C20H13F2N3O2S. The van der Waals surface area contributed by atoms with Gasteiger partial charge in [0.2, 0.25) is 0 Å². The minimum atomic E-state index is -1.02. The van der Waals surface area contributed by atoms with Crippen LogP contribution in [0.15, 0.2) is 64.5 Å². The molecule has 4 aromatic rings. The van der Waals surface area contributed by atoms with Crippen LogP contribution in [0.4, 0.5) is 8.78 Å². The van der Waals surface area contributed by atoms with Crippen LogP contribution in [0.25, 0.3) is 16.8 Å². The first kappa shape index (κ1) is 18.1. The molecule has 1 N–H and O–H groups in total. The van der Waals surface area contributed by atoms with E-state index in [1.165, 1.54) is 12.1 Å². The van der Waals surface area contributed by atoms with Gasteiger partial charge in [-0.2, -0.15) is 0 Å². The van der Waals surface area contributed by atoms with E-state index in [4.69, 9.17) is 0 Å². The maximum atomic E-state index is 13.9. The molecule has 0 radical (unpaired) electrons. The van der Waals surface area contributed by atoms with E-state index in [9.17, 15) is 18.7 Å². The van der Waals surface area contributed by atoms with Crippen molar-refractivity contribution in [3.8, 4) is 11.3 Å². The molecule has 8 heteroatoms. The number of carbonyl (C=O) groups is 1. The normalized spacial score (nSPS) is 11.1. The van der Waals surface area contributed by atoms with Gasteiger partial charge in [0, 0.05) is 27.6 Å². The van der Waals surface area contributed by atoms with Crippen LogP contribution in [0.2, 0.25) is 0 Å². The van der Waals surface area contributed by atoms with Crippen molar-refractivity contribution in [3.63, 3.8) is 0 Å². The quantitative estimate of drug-likeness (QED) is 0.534. The highest BCUT2D eigenvalue weighted by Gasteiger charge is 2.15. The zero-order valence-electron chi connectivity index (χ0n) is 14.6. The maximum Gasteiger partial charge on any atom is 0.335 e. The van der Waals surface area contributed by atoms with Crippen molar-refractivity contribution >= 4 is 23.2 Å². The van der Waals surface area contributed by atoms with Crippen molar-refractivity contribution in [1.82, 2.24) is 14.8 Å². The smallest absolute Gasteiger partial charge is 0.335 e.